The summed E-state index contributed by atoms with van der Waals surface area (Å²) in [7, 11) is 0. The molecular weight excluding hydrogens is 396 g/mol. The molecule has 6 heteroatoms. The number of allylic oxidation sites excluding steroid dienone is 2. The predicted octanol–water partition coefficient (Wildman–Crippen LogP) is 5.12. The molecule has 3 N–H and O–H groups in total. The van der Waals surface area contributed by atoms with Crippen LogP contribution in [0, 0.1) is 5.92 Å². The average Bonchev–Trinajstić information content (AvgIpc) is 2.66. The normalized spacial score (nSPS) is 26.0. The second kappa shape index (κ2) is 6.67. The first-order valence-electron chi connectivity index (χ1n) is 10.6. The Hall–Kier alpha value is -3.15. The predicted molar refractivity (Wildman–Crippen MR) is 114 cm³/mol. The molecule has 0 fully saturated rings. The second-order valence-corrected chi connectivity index (χ2v) is 9.41. The molecule has 31 heavy (non-hydrogen) atoms. The molecule has 6 nitrogen and oxygen atoms in total. The van der Waals surface area contributed by atoms with Crippen LogP contribution in [0.2, 0.25) is 0 Å². The van der Waals surface area contributed by atoms with Gasteiger partial charge in [0.15, 0.2) is 5.78 Å². The maximum Gasteiger partial charge on any atom is 0.174 e. The third-order valence-electron chi connectivity index (χ3n) is 6.86. The van der Waals surface area contributed by atoms with Gasteiger partial charge >= 0.3 is 0 Å². The molecule has 0 aromatic heterocycles. The Labute approximate surface area is 180 Å². The summed E-state index contributed by atoms with van der Waals surface area (Å²) in [4.78, 5) is 12.7. The fourth-order valence-corrected chi connectivity index (χ4v) is 5.32. The van der Waals surface area contributed by atoms with Crippen LogP contribution in [0.4, 0.5) is 0 Å². The number of phenolic OH excluding ortho intramolecular Hbond substituents is 3. The molecule has 0 amide bonds. The van der Waals surface area contributed by atoms with Gasteiger partial charge in [0.05, 0.1) is 6.42 Å². The Morgan fingerprint density at radius 2 is 1.77 bits per heavy atom. The minimum atomic E-state index is -0.728. The number of aromatic hydroxyl groups is 3. The van der Waals surface area contributed by atoms with Crippen LogP contribution in [0.25, 0.3) is 0 Å². The molecule has 0 bridgehead atoms. The fourth-order valence-electron chi connectivity index (χ4n) is 5.32. The summed E-state index contributed by atoms with van der Waals surface area (Å²) >= 11 is 0. The van der Waals surface area contributed by atoms with Gasteiger partial charge < -0.3 is 24.8 Å². The Kier molecular flexibility index (Phi) is 4.26. The summed E-state index contributed by atoms with van der Waals surface area (Å²) < 4.78 is 12.3. The molecule has 0 unspecified atom stereocenters. The highest BCUT2D eigenvalue weighted by atomic mass is 16.5. The van der Waals surface area contributed by atoms with Crippen LogP contribution in [0.3, 0.4) is 0 Å². The molecule has 2 heterocycles. The smallest absolute Gasteiger partial charge is 0.174 e. The van der Waals surface area contributed by atoms with E-state index in [0.717, 1.165) is 24.5 Å². The Balaban J connectivity index is 1.59. The lowest BCUT2D eigenvalue weighted by atomic mass is 9.68. The summed E-state index contributed by atoms with van der Waals surface area (Å²) in [5, 5.41) is 30.6. The molecule has 0 saturated heterocycles. The van der Waals surface area contributed by atoms with Crippen LogP contribution in [-0.4, -0.2) is 26.7 Å². The lowest BCUT2D eigenvalue weighted by molar-refractivity contribution is 0.0113. The van der Waals surface area contributed by atoms with Crippen molar-refractivity contribution in [2.24, 2.45) is 5.92 Å². The number of ether oxygens (including phenoxy) is 2. The van der Waals surface area contributed by atoms with E-state index in [4.69, 9.17) is 9.47 Å². The number of carbonyl (C=O) groups is 1. The van der Waals surface area contributed by atoms with Gasteiger partial charge in [0.1, 0.15) is 46.0 Å². The van der Waals surface area contributed by atoms with Crippen molar-refractivity contribution in [2.45, 2.75) is 57.7 Å². The molecule has 2 aliphatic heterocycles. The van der Waals surface area contributed by atoms with Gasteiger partial charge in [-0.05, 0) is 39.7 Å². The first-order valence-corrected chi connectivity index (χ1v) is 10.6. The van der Waals surface area contributed by atoms with E-state index in [0.29, 0.717) is 17.2 Å². The highest BCUT2D eigenvalue weighted by Gasteiger charge is 2.45. The van der Waals surface area contributed by atoms with Crippen LogP contribution in [0.1, 0.15) is 73.5 Å². The van der Waals surface area contributed by atoms with Crippen molar-refractivity contribution in [1.82, 2.24) is 0 Å². The van der Waals surface area contributed by atoms with Gasteiger partial charge in [-0.3, -0.25) is 4.79 Å². The fraction of sp³-hybridized carbons (Fsp3) is 0.400. The largest absolute Gasteiger partial charge is 0.508 e. The first kappa shape index (κ1) is 19.8. The van der Waals surface area contributed by atoms with Crippen LogP contribution in [0.5, 0.6) is 28.7 Å². The average molecular weight is 422 g/mol. The summed E-state index contributed by atoms with van der Waals surface area (Å²) in [6.07, 6.45) is 3.61. The van der Waals surface area contributed by atoms with E-state index in [1.54, 1.807) is 6.07 Å². The van der Waals surface area contributed by atoms with Crippen molar-refractivity contribution < 1.29 is 29.6 Å². The van der Waals surface area contributed by atoms with Gasteiger partial charge in [-0.2, -0.15) is 0 Å². The number of ketones is 1. The van der Waals surface area contributed by atoms with Gasteiger partial charge in [0.2, 0.25) is 0 Å². The molecule has 162 valence electrons. The van der Waals surface area contributed by atoms with Crippen molar-refractivity contribution in [2.75, 3.05) is 0 Å². The van der Waals surface area contributed by atoms with Crippen LogP contribution >= 0.6 is 0 Å². The maximum absolute atomic E-state index is 12.7. The maximum atomic E-state index is 12.7. The number of hydrogen-bond acceptors (Lipinski definition) is 6. The van der Waals surface area contributed by atoms with Crippen molar-refractivity contribution >= 4 is 5.78 Å². The summed E-state index contributed by atoms with van der Waals surface area (Å²) in [6, 6.07) is 5.93. The molecular formula is C25H26O6. The van der Waals surface area contributed by atoms with Gasteiger partial charge in [0.25, 0.3) is 0 Å². The van der Waals surface area contributed by atoms with Crippen molar-refractivity contribution in [3.8, 4) is 28.7 Å². The lowest BCUT2D eigenvalue weighted by Crippen LogP contribution is -2.45. The number of benzene rings is 2. The quantitative estimate of drug-likeness (QED) is 0.552. The van der Waals surface area contributed by atoms with Crippen LogP contribution < -0.4 is 9.47 Å². The van der Waals surface area contributed by atoms with Gasteiger partial charge in [-0.25, -0.2) is 0 Å². The highest BCUT2D eigenvalue weighted by molar-refractivity contribution is 6.02. The molecule has 0 radical (unpaired) electrons. The van der Waals surface area contributed by atoms with Crippen molar-refractivity contribution in [1.29, 1.82) is 0 Å². The molecule has 2 aromatic carbocycles. The zero-order valence-electron chi connectivity index (χ0n) is 17.8. The third-order valence-corrected chi connectivity index (χ3v) is 6.86. The molecule has 1 aliphatic carbocycles. The molecule has 0 saturated carbocycles. The Morgan fingerprint density at radius 1 is 1.00 bits per heavy atom. The van der Waals surface area contributed by atoms with Crippen molar-refractivity contribution in [3.63, 3.8) is 0 Å². The van der Waals surface area contributed by atoms with E-state index in [2.05, 4.69) is 26.8 Å². The summed E-state index contributed by atoms with van der Waals surface area (Å²) in [5.74, 6) is 0.418. The second-order valence-electron chi connectivity index (χ2n) is 9.41. The number of phenols is 3. The van der Waals surface area contributed by atoms with E-state index < -0.39 is 6.10 Å². The van der Waals surface area contributed by atoms with Gasteiger partial charge in [-0.1, -0.05) is 11.6 Å². The standard InChI is InChI=1S/C25H26O6/c1-12-4-5-17-14(6-12)15-9-16(18(27)10-22(15)31-25(17,2)3)21-11-20(29)24-19(28)7-13(26)8-23(24)30-21/h6-10,14,17,21,26-28H,4-5,11H2,1-3H3/t14-,17-,21+/m1/s1. The zero-order valence-corrected chi connectivity index (χ0v) is 17.8. The van der Waals surface area contributed by atoms with E-state index in [1.165, 1.54) is 11.6 Å². The monoisotopic (exact) mass is 422 g/mol. The SMILES string of the molecule is CC1=C[C@@H]2c3cc([C@@H]4CC(=O)c5c(O)cc(O)cc5O4)c(O)cc3OC(C)(C)[C@@H]2CC1. The molecule has 0 spiro atoms. The lowest BCUT2D eigenvalue weighted by Gasteiger charge is -2.46. The number of fused-ring (bicyclic) bond motifs is 4. The van der Waals surface area contributed by atoms with E-state index >= 15 is 0 Å². The van der Waals surface area contributed by atoms with Crippen molar-refractivity contribution in [3.05, 3.63) is 52.6 Å². The molecule has 3 atom stereocenters. The van der Waals surface area contributed by atoms with Crippen LogP contribution in [-0.2, 0) is 0 Å². The Morgan fingerprint density at radius 3 is 2.55 bits per heavy atom. The summed E-state index contributed by atoms with van der Waals surface area (Å²) in [5.41, 5.74) is 2.52. The number of carbonyl (C=O) groups excluding carboxylic acids is 1. The van der Waals surface area contributed by atoms with Gasteiger partial charge in [0, 0.05) is 41.2 Å². The van der Waals surface area contributed by atoms with E-state index in [-0.39, 0.29) is 52.3 Å². The molecule has 2 aromatic rings. The molecule has 5 rings (SSSR count). The zero-order chi connectivity index (χ0) is 22.1. The minimum absolute atomic E-state index is 0.00450. The van der Waals surface area contributed by atoms with Gasteiger partial charge in [-0.15, -0.1) is 0 Å². The topological polar surface area (TPSA) is 96.2 Å². The third kappa shape index (κ3) is 3.12. The minimum Gasteiger partial charge on any atom is -0.508 e. The first-order chi connectivity index (χ1) is 14.6. The van der Waals surface area contributed by atoms with E-state index in [1.807, 2.05) is 6.07 Å². The number of rotatable bonds is 1. The molecule has 3 aliphatic rings. The Bertz CT molecular complexity index is 1130. The van der Waals surface area contributed by atoms with E-state index in [9.17, 15) is 20.1 Å². The number of Topliss-reactive ketones (excluding diaryl/α,β-unsaturated/α-hetero) is 1. The number of hydrogen-bond donors (Lipinski definition) is 3. The van der Waals surface area contributed by atoms with Crippen LogP contribution in [0.15, 0.2) is 35.9 Å². The summed E-state index contributed by atoms with van der Waals surface area (Å²) in [6.45, 7) is 6.32. The highest BCUT2D eigenvalue weighted by Crippen LogP contribution is 2.53.